The van der Waals surface area contributed by atoms with Gasteiger partial charge in [-0.2, -0.15) is 13.2 Å². The zero-order chi connectivity index (χ0) is 19.3. The fraction of sp³-hybridized carbons (Fsp3) is 0.632. The summed E-state index contributed by atoms with van der Waals surface area (Å²) in [5.41, 5.74) is 5.55. The summed E-state index contributed by atoms with van der Waals surface area (Å²) in [5, 5.41) is 0. The highest BCUT2D eigenvalue weighted by atomic mass is 35.5. The van der Waals surface area contributed by atoms with Gasteiger partial charge in [-0.15, -0.1) is 12.4 Å². The Morgan fingerprint density at radius 2 is 2.07 bits per heavy atom. The molecule has 1 amide bonds. The summed E-state index contributed by atoms with van der Waals surface area (Å²) in [6.07, 6.45) is -1.76. The van der Waals surface area contributed by atoms with E-state index >= 15 is 0 Å². The van der Waals surface area contributed by atoms with E-state index in [1.165, 1.54) is 13.2 Å². The summed E-state index contributed by atoms with van der Waals surface area (Å²) >= 11 is 0. The van der Waals surface area contributed by atoms with E-state index in [4.69, 9.17) is 10.5 Å². The van der Waals surface area contributed by atoms with Crippen LogP contribution in [0.3, 0.4) is 0 Å². The highest BCUT2D eigenvalue weighted by Crippen LogP contribution is 2.36. The van der Waals surface area contributed by atoms with Crippen molar-refractivity contribution in [1.82, 2.24) is 4.90 Å². The van der Waals surface area contributed by atoms with Crippen molar-refractivity contribution in [2.75, 3.05) is 26.8 Å². The van der Waals surface area contributed by atoms with Gasteiger partial charge in [0.1, 0.15) is 0 Å². The van der Waals surface area contributed by atoms with Crippen molar-refractivity contribution in [3.05, 3.63) is 35.4 Å². The third kappa shape index (κ3) is 5.83. The Kier molecular flexibility index (Phi) is 9.05. The number of carbonyl (C=O) groups excluding carboxylic acids is 1. The summed E-state index contributed by atoms with van der Waals surface area (Å²) in [4.78, 5) is 14.7. The first-order valence-corrected chi connectivity index (χ1v) is 8.96. The summed E-state index contributed by atoms with van der Waals surface area (Å²) in [5.74, 6) is -0.0636. The molecule has 0 aromatic heterocycles. The molecule has 0 saturated heterocycles. The van der Waals surface area contributed by atoms with Gasteiger partial charge in [0.15, 0.2) is 0 Å². The highest BCUT2D eigenvalue weighted by molar-refractivity contribution is 5.85. The molecular formula is C19H28ClF3N2O2. The van der Waals surface area contributed by atoms with Crippen LogP contribution in [0.2, 0.25) is 0 Å². The van der Waals surface area contributed by atoms with Crippen molar-refractivity contribution in [2.45, 2.75) is 38.4 Å². The molecule has 1 aliphatic rings. The molecule has 154 valence electrons. The molecule has 0 radical (unpaired) electrons. The molecule has 1 fully saturated rings. The first-order valence-electron chi connectivity index (χ1n) is 8.96. The molecular weight excluding hydrogens is 381 g/mol. The molecule has 1 aromatic rings. The Hall–Kier alpha value is -1.31. The van der Waals surface area contributed by atoms with Gasteiger partial charge >= 0.3 is 6.18 Å². The Morgan fingerprint density at radius 3 is 2.67 bits per heavy atom. The molecule has 8 heteroatoms. The van der Waals surface area contributed by atoms with Crippen LogP contribution in [-0.2, 0) is 15.7 Å². The zero-order valence-corrected chi connectivity index (χ0v) is 16.5. The van der Waals surface area contributed by atoms with Gasteiger partial charge in [0, 0.05) is 19.6 Å². The summed E-state index contributed by atoms with van der Waals surface area (Å²) < 4.78 is 44.2. The fourth-order valence-corrected chi connectivity index (χ4v) is 3.70. The number of nitrogens with two attached hydrogens (primary N) is 1. The minimum Gasteiger partial charge on any atom is -0.383 e. The Morgan fingerprint density at radius 1 is 1.37 bits per heavy atom. The maximum absolute atomic E-state index is 13.1. The lowest BCUT2D eigenvalue weighted by Crippen LogP contribution is -2.42. The number of methoxy groups -OCH3 is 1. The standard InChI is InChI=1S/C19H27F3N2O2.ClH/c1-13(14-5-3-7-16(11-14)19(20,21)22)24(9-10-26-2)18(25)17-8-4-6-15(17)12-23;/h3,5,7,11,13,15,17H,4,6,8-10,12,23H2,1-2H3;1H/t13?,15-,17-;/m1./s1. The van der Waals surface area contributed by atoms with E-state index in [1.54, 1.807) is 17.9 Å². The van der Waals surface area contributed by atoms with Crippen LogP contribution in [0.4, 0.5) is 13.2 Å². The molecule has 27 heavy (non-hydrogen) atoms. The van der Waals surface area contributed by atoms with Crippen LogP contribution < -0.4 is 5.73 Å². The summed E-state index contributed by atoms with van der Waals surface area (Å²) in [6, 6.07) is 4.69. The van der Waals surface area contributed by atoms with E-state index in [-0.39, 0.29) is 30.2 Å². The first kappa shape index (κ1) is 23.7. The van der Waals surface area contributed by atoms with Crippen molar-refractivity contribution in [3.63, 3.8) is 0 Å². The van der Waals surface area contributed by atoms with Crippen LogP contribution in [0, 0.1) is 11.8 Å². The predicted octanol–water partition coefficient (Wildman–Crippen LogP) is 4.04. The van der Waals surface area contributed by atoms with Crippen molar-refractivity contribution in [3.8, 4) is 0 Å². The van der Waals surface area contributed by atoms with E-state index in [9.17, 15) is 18.0 Å². The molecule has 0 aliphatic heterocycles. The Bertz CT molecular complexity index is 613. The van der Waals surface area contributed by atoms with Crippen molar-refractivity contribution < 1.29 is 22.7 Å². The fourth-order valence-electron chi connectivity index (χ4n) is 3.70. The van der Waals surface area contributed by atoms with Gasteiger partial charge in [-0.1, -0.05) is 18.6 Å². The molecule has 2 rings (SSSR count). The monoisotopic (exact) mass is 408 g/mol. The van der Waals surface area contributed by atoms with Gasteiger partial charge in [-0.3, -0.25) is 4.79 Å². The largest absolute Gasteiger partial charge is 0.416 e. The Balaban J connectivity index is 0.00000364. The topological polar surface area (TPSA) is 55.6 Å². The molecule has 0 spiro atoms. The van der Waals surface area contributed by atoms with Crippen molar-refractivity contribution >= 4 is 18.3 Å². The van der Waals surface area contributed by atoms with Gasteiger partial charge in [0.2, 0.25) is 5.91 Å². The number of benzene rings is 1. The second-order valence-corrected chi connectivity index (χ2v) is 6.86. The number of ether oxygens (including phenoxy) is 1. The second kappa shape index (κ2) is 10.3. The maximum atomic E-state index is 13.1. The second-order valence-electron chi connectivity index (χ2n) is 6.86. The van der Waals surface area contributed by atoms with Crippen molar-refractivity contribution in [2.24, 2.45) is 17.6 Å². The SMILES string of the molecule is COCCN(C(=O)[C@@H]1CCC[C@@H]1CN)C(C)c1cccc(C(F)(F)F)c1.Cl. The number of alkyl halides is 3. The lowest BCUT2D eigenvalue weighted by molar-refractivity contribution is -0.139. The third-order valence-electron chi connectivity index (χ3n) is 5.26. The molecule has 4 nitrogen and oxygen atoms in total. The molecule has 1 aliphatic carbocycles. The lowest BCUT2D eigenvalue weighted by Gasteiger charge is -2.33. The van der Waals surface area contributed by atoms with Gasteiger partial charge in [-0.05, 0) is 49.9 Å². The molecule has 0 heterocycles. The van der Waals surface area contributed by atoms with E-state index in [0.717, 1.165) is 31.4 Å². The van der Waals surface area contributed by atoms with Gasteiger partial charge in [0.25, 0.3) is 0 Å². The minimum absolute atomic E-state index is 0. The summed E-state index contributed by atoms with van der Waals surface area (Å²) in [6.45, 7) is 2.87. The number of hydrogen-bond donors (Lipinski definition) is 1. The predicted molar refractivity (Wildman–Crippen MR) is 101 cm³/mol. The van der Waals surface area contributed by atoms with Gasteiger partial charge < -0.3 is 15.4 Å². The van der Waals surface area contributed by atoms with E-state index < -0.39 is 17.8 Å². The maximum Gasteiger partial charge on any atom is 0.416 e. The molecule has 3 atom stereocenters. The molecule has 2 N–H and O–H groups in total. The third-order valence-corrected chi connectivity index (χ3v) is 5.26. The average molecular weight is 409 g/mol. The average Bonchev–Trinajstić information content (AvgIpc) is 3.09. The van der Waals surface area contributed by atoms with Crippen LogP contribution in [0.1, 0.15) is 43.4 Å². The summed E-state index contributed by atoms with van der Waals surface area (Å²) in [7, 11) is 1.54. The number of hydrogen-bond acceptors (Lipinski definition) is 3. The first-order chi connectivity index (χ1) is 12.3. The van der Waals surface area contributed by atoms with E-state index in [2.05, 4.69) is 0 Å². The Labute approximate surface area is 164 Å². The van der Waals surface area contributed by atoms with Crippen LogP contribution in [0.5, 0.6) is 0 Å². The van der Waals surface area contributed by atoms with Gasteiger partial charge in [0.05, 0.1) is 18.2 Å². The molecule has 1 saturated carbocycles. The smallest absolute Gasteiger partial charge is 0.383 e. The van der Waals surface area contributed by atoms with Crippen LogP contribution in [0.25, 0.3) is 0 Å². The van der Waals surface area contributed by atoms with E-state index in [0.29, 0.717) is 25.3 Å². The number of rotatable bonds is 7. The number of amides is 1. The minimum atomic E-state index is -4.41. The molecule has 0 bridgehead atoms. The molecule has 1 aromatic carbocycles. The van der Waals surface area contributed by atoms with E-state index in [1.807, 2.05) is 0 Å². The highest BCUT2D eigenvalue weighted by Gasteiger charge is 2.37. The zero-order valence-electron chi connectivity index (χ0n) is 15.7. The number of carbonyl (C=O) groups is 1. The van der Waals surface area contributed by atoms with Gasteiger partial charge in [-0.25, -0.2) is 0 Å². The quantitative estimate of drug-likeness (QED) is 0.740. The molecule has 1 unspecified atom stereocenters. The number of halogens is 4. The van der Waals surface area contributed by atoms with Crippen LogP contribution >= 0.6 is 12.4 Å². The lowest BCUT2D eigenvalue weighted by atomic mass is 9.93. The number of nitrogens with zero attached hydrogens (tertiary/aromatic N) is 1. The van der Waals surface area contributed by atoms with Crippen LogP contribution in [-0.4, -0.2) is 37.6 Å². The van der Waals surface area contributed by atoms with Crippen LogP contribution in [0.15, 0.2) is 24.3 Å². The normalized spacial score (nSPS) is 20.8. The van der Waals surface area contributed by atoms with Crippen molar-refractivity contribution in [1.29, 1.82) is 0 Å².